The Balaban J connectivity index is 1.49. The van der Waals surface area contributed by atoms with Gasteiger partial charge in [0.1, 0.15) is 0 Å². The summed E-state index contributed by atoms with van der Waals surface area (Å²) in [7, 11) is 0. The van der Waals surface area contributed by atoms with Crippen LogP contribution in [0.2, 0.25) is 0 Å². The van der Waals surface area contributed by atoms with E-state index < -0.39 is 0 Å². The lowest BCUT2D eigenvalue weighted by atomic mass is 9.53. The predicted octanol–water partition coefficient (Wildman–Crippen LogP) is 4.47. The lowest BCUT2D eigenvalue weighted by molar-refractivity contribution is -0.0135. The lowest BCUT2D eigenvalue weighted by Gasteiger charge is -2.56. The molecule has 0 spiro atoms. The van der Waals surface area contributed by atoms with Gasteiger partial charge in [0.2, 0.25) is 0 Å². The molecule has 4 bridgehead atoms. The van der Waals surface area contributed by atoms with Crippen LogP contribution < -0.4 is 10.6 Å². The summed E-state index contributed by atoms with van der Waals surface area (Å²) in [5.74, 6) is 3.32. The van der Waals surface area contributed by atoms with Gasteiger partial charge in [-0.05, 0) is 75.0 Å². The minimum atomic E-state index is 0.0964. The number of hydrogen-bond donors (Lipinski definition) is 2. The van der Waals surface area contributed by atoms with Crippen molar-refractivity contribution in [1.29, 1.82) is 0 Å². The van der Waals surface area contributed by atoms with Gasteiger partial charge in [-0.2, -0.15) is 0 Å². The molecule has 4 aliphatic carbocycles. The molecule has 4 aliphatic rings. The van der Waals surface area contributed by atoms with Crippen molar-refractivity contribution in [2.45, 2.75) is 83.6 Å². The van der Waals surface area contributed by atoms with Crippen LogP contribution in [0.25, 0.3) is 0 Å². The van der Waals surface area contributed by atoms with Crippen LogP contribution in [0.4, 0.5) is 4.79 Å². The minimum absolute atomic E-state index is 0.0964. The van der Waals surface area contributed by atoms with Crippen molar-refractivity contribution in [3.05, 3.63) is 0 Å². The van der Waals surface area contributed by atoms with E-state index >= 15 is 0 Å². The highest BCUT2D eigenvalue weighted by Crippen LogP contribution is 2.55. The number of carbonyl (C=O) groups is 1. The first-order valence-electron chi connectivity index (χ1n) is 9.68. The highest BCUT2D eigenvalue weighted by Gasteiger charge is 2.51. The Morgan fingerprint density at radius 2 is 1.50 bits per heavy atom. The maximum absolute atomic E-state index is 12.4. The summed E-state index contributed by atoms with van der Waals surface area (Å²) in [5, 5.41) is 6.59. The molecule has 0 radical (unpaired) electrons. The van der Waals surface area contributed by atoms with E-state index in [1.807, 2.05) is 0 Å². The molecular formula is C19H34N2O. The lowest BCUT2D eigenvalue weighted by Crippen LogP contribution is -2.61. The van der Waals surface area contributed by atoms with E-state index in [-0.39, 0.29) is 11.6 Å². The SMILES string of the molecule is CCCC(CCC)CNC(=O)NC12CC3CC(CC(C3)C1)C2. The van der Waals surface area contributed by atoms with Crippen LogP contribution in [-0.2, 0) is 0 Å². The molecule has 0 heterocycles. The zero-order valence-corrected chi connectivity index (χ0v) is 14.5. The normalized spacial score (nSPS) is 35.9. The molecule has 0 saturated heterocycles. The van der Waals surface area contributed by atoms with Crippen LogP contribution in [0.15, 0.2) is 0 Å². The monoisotopic (exact) mass is 306 g/mol. The standard InChI is InChI=1S/C19H34N2O/c1-3-5-14(6-4-2)13-20-18(22)21-19-10-15-7-16(11-19)9-17(8-15)12-19/h14-17H,3-13H2,1-2H3,(H2,20,21,22). The van der Waals surface area contributed by atoms with Crippen molar-refractivity contribution in [2.75, 3.05) is 6.54 Å². The summed E-state index contributed by atoms with van der Waals surface area (Å²) in [4.78, 5) is 12.4. The van der Waals surface area contributed by atoms with Crippen molar-refractivity contribution in [1.82, 2.24) is 10.6 Å². The third-order valence-electron chi connectivity index (χ3n) is 6.36. The molecule has 0 atom stereocenters. The Morgan fingerprint density at radius 1 is 1.00 bits per heavy atom. The molecule has 0 unspecified atom stereocenters. The van der Waals surface area contributed by atoms with Gasteiger partial charge in [-0.25, -0.2) is 4.79 Å². The van der Waals surface area contributed by atoms with E-state index in [2.05, 4.69) is 24.5 Å². The van der Waals surface area contributed by atoms with Gasteiger partial charge in [0.05, 0.1) is 0 Å². The number of rotatable bonds is 7. The van der Waals surface area contributed by atoms with Crippen molar-refractivity contribution >= 4 is 6.03 Å². The molecule has 2 N–H and O–H groups in total. The topological polar surface area (TPSA) is 41.1 Å². The van der Waals surface area contributed by atoms with Gasteiger partial charge in [0.25, 0.3) is 0 Å². The molecule has 0 aliphatic heterocycles. The molecular weight excluding hydrogens is 272 g/mol. The van der Waals surface area contributed by atoms with E-state index in [0.717, 1.165) is 24.3 Å². The third-order valence-corrected chi connectivity index (χ3v) is 6.36. The molecule has 22 heavy (non-hydrogen) atoms. The Morgan fingerprint density at radius 3 is 1.95 bits per heavy atom. The Labute approximate surface area is 136 Å². The van der Waals surface area contributed by atoms with Crippen molar-refractivity contribution in [3.8, 4) is 0 Å². The summed E-state index contributed by atoms with van der Waals surface area (Å²) in [6.45, 7) is 5.32. The highest BCUT2D eigenvalue weighted by molar-refractivity contribution is 5.74. The molecule has 4 fully saturated rings. The van der Waals surface area contributed by atoms with Gasteiger partial charge in [-0.1, -0.05) is 26.7 Å². The minimum Gasteiger partial charge on any atom is -0.338 e. The summed E-state index contributed by atoms with van der Waals surface area (Å²) >= 11 is 0. The molecule has 4 saturated carbocycles. The van der Waals surface area contributed by atoms with Gasteiger partial charge in [0.15, 0.2) is 0 Å². The molecule has 126 valence electrons. The van der Waals surface area contributed by atoms with E-state index in [0.29, 0.717) is 5.92 Å². The largest absolute Gasteiger partial charge is 0.338 e. The first kappa shape index (κ1) is 16.1. The fourth-order valence-electron chi connectivity index (χ4n) is 5.95. The highest BCUT2D eigenvalue weighted by atomic mass is 16.2. The molecule has 2 amide bonds. The average molecular weight is 306 g/mol. The first-order chi connectivity index (χ1) is 10.6. The molecule has 3 heteroatoms. The Bertz CT molecular complexity index is 352. The second kappa shape index (κ2) is 6.80. The molecule has 0 aromatic carbocycles. The number of hydrogen-bond acceptors (Lipinski definition) is 1. The first-order valence-corrected chi connectivity index (χ1v) is 9.68. The van der Waals surface area contributed by atoms with Crippen LogP contribution in [-0.4, -0.2) is 18.1 Å². The molecule has 0 aromatic rings. The zero-order valence-electron chi connectivity index (χ0n) is 14.5. The van der Waals surface area contributed by atoms with Crippen LogP contribution in [0.3, 0.4) is 0 Å². The number of nitrogens with one attached hydrogen (secondary N) is 2. The van der Waals surface area contributed by atoms with E-state index in [1.165, 1.54) is 64.2 Å². The Kier molecular flexibility index (Phi) is 4.99. The summed E-state index contributed by atoms with van der Waals surface area (Å²) < 4.78 is 0. The van der Waals surface area contributed by atoms with E-state index in [9.17, 15) is 4.79 Å². The smallest absolute Gasteiger partial charge is 0.315 e. The van der Waals surface area contributed by atoms with Crippen LogP contribution in [0.5, 0.6) is 0 Å². The van der Waals surface area contributed by atoms with Crippen molar-refractivity contribution < 1.29 is 4.79 Å². The maximum atomic E-state index is 12.4. The van der Waals surface area contributed by atoms with Gasteiger partial charge in [-0.3, -0.25) is 0 Å². The quantitative estimate of drug-likeness (QED) is 0.716. The number of carbonyl (C=O) groups excluding carboxylic acids is 1. The van der Waals surface area contributed by atoms with Gasteiger partial charge < -0.3 is 10.6 Å². The zero-order chi connectivity index (χ0) is 15.6. The van der Waals surface area contributed by atoms with E-state index in [1.54, 1.807) is 0 Å². The molecule has 3 nitrogen and oxygen atoms in total. The van der Waals surface area contributed by atoms with E-state index in [4.69, 9.17) is 0 Å². The van der Waals surface area contributed by atoms with Crippen LogP contribution >= 0.6 is 0 Å². The fraction of sp³-hybridized carbons (Fsp3) is 0.947. The summed E-state index contributed by atoms with van der Waals surface area (Å²) in [5.41, 5.74) is 0.143. The van der Waals surface area contributed by atoms with Crippen LogP contribution in [0, 0.1) is 23.7 Å². The molecule has 0 aromatic heterocycles. The van der Waals surface area contributed by atoms with Gasteiger partial charge >= 0.3 is 6.03 Å². The second-order valence-electron chi connectivity index (χ2n) is 8.48. The summed E-state index contributed by atoms with van der Waals surface area (Å²) in [6, 6.07) is 0.0964. The van der Waals surface area contributed by atoms with Crippen molar-refractivity contribution in [2.24, 2.45) is 23.7 Å². The second-order valence-corrected chi connectivity index (χ2v) is 8.48. The predicted molar refractivity (Wildman–Crippen MR) is 90.7 cm³/mol. The number of urea groups is 1. The number of amides is 2. The Hall–Kier alpha value is -0.730. The fourth-order valence-corrected chi connectivity index (χ4v) is 5.95. The van der Waals surface area contributed by atoms with Crippen molar-refractivity contribution in [3.63, 3.8) is 0 Å². The third kappa shape index (κ3) is 3.60. The molecule has 4 rings (SSSR count). The maximum Gasteiger partial charge on any atom is 0.315 e. The van der Waals surface area contributed by atoms with Crippen LogP contribution in [0.1, 0.15) is 78.1 Å². The summed E-state index contributed by atoms with van der Waals surface area (Å²) in [6.07, 6.45) is 12.9. The average Bonchev–Trinajstić information content (AvgIpc) is 2.43. The van der Waals surface area contributed by atoms with Gasteiger partial charge in [-0.15, -0.1) is 0 Å². The van der Waals surface area contributed by atoms with Gasteiger partial charge in [0, 0.05) is 12.1 Å².